The molecule has 4 rings (SSSR count). The van der Waals surface area contributed by atoms with Crippen molar-refractivity contribution in [1.82, 2.24) is 20.1 Å². The van der Waals surface area contributed by atoms with Crippen LogP contribution in [0.25, 0.3) is 0 Å². The molecular formula is C25H25N5O4. The van der Waals surface area contributed by atoms with Gasteiger partial charge in [-0.3, -0.25) is 9.59 Å². The molecule has 0 aliphatic carbocycles. The van der Waals surface area contributed by atoms with E-state index >= 15 is 0 Å². The molecule has 0 unspecified atom stereocenters. The third-order valence-electron chi connectivity index (χ3n) is 5.38. The lowest BCUT2D eigenvalue weighted by molar-refractivity contribution is -0.121. The Balaban J connectivity index is 1.49. The molecule has 2 amide bonds. The molecule has 2 atom stereocenters. The number of carbonyl (C=O) groups excluding carboxylic acids is 2. The van der Waals surface area contributed by atoms with E-state index in [-0.39, 0.29) is 18.3 Å². The van der Waals surface area contributed by atoms with Crippen molar-refractivity contribution < 1.29 is 19.4 Å². The smallest absolute Gasteiger partial charge is 0.291 e. The average molecular weight is 460 g/mol. The van der Waals surface area contributed by atoms with Gasteiger partial charge in [-0.1, -0.05) is 42.2 Å². The number of benzene rings is 2. The molecule has 9 nitrogen and oxygen atoms in total. The molecule has 2 heterocycles. The molecule has 2 aromatic carbocycles. The van der Waals surface area contributed by atoms with Gasteiger partial charge in [0.05, 0.1) is 18.8 Å². The van der Waals surface area contributed by atoms with Gasteiger partial charge in [-0.05, 0) is 30.7 Å². The van der Waals surface area contributed by atoms with Crippen molar-refractivity contribution in [1.29, 1.82) is 0 Å². The van der Waals surface area contributed by atoms with Gasteiger partial charge >= 0.3 is 0 Å². The van der Waals surface area contributed by atoms with Crippen LogP contribution in [0.2, 0.25) is 0 Å². The van der Waals surface area contributed by atoms with Gasteiger partial charge in [0.1, 0.15) is 24.2 Å². The third-order valence-corrected chi connectivity index (χ3v) is 5.38. The summed E-state index contributed by atoms with van der Waals surface area (Å²) >= 11 is 0. The van der Waals surface area contributed by atoms with Gasteiger partial charge in [0, 0.05) is 19.0 Å². The van der Waals surface area contributed by atoms with Crippen molar-refractivity contribution in [3.8, 4) is 17.6 Å². The number of hydrogen-bond donors (Lipinski definition) is 2. The van der Waals surface area contributed by atoms with E-state index < -0.39 is 18.1 Å². The summed E-state index contributed by atoms with van der Waals surface area (Å²) < 4.78 is 7.57. The van der Waals surface area contributed by atoms with Crippen molar-refractivity contribution in [3.05, 3.63) is 71.8 Å². The average Bonchev–Trinajstić information content (AvgIpc) is 3.28. The third kappa shape index (κ3) is 5.08. The first-order valence-corrected chi connectivity index (χ1v) is 10.9. The first-order chi connectivity index (χ1) is 16.5. The Kier molecular flexibility index (Phi) is 6.90. The fraction of sp³-hybridized carbons (Fsp3) is 0.280. The summed E-state index contributed by atoms with van der Waals surface area (Å²) in [6, 6.07) is 14.1. The van der Waals surface area contributed by atoms with Gasteiger partial charge in [0.15, 0.2) is 0 Å². The molecule has 0 radical (unpaired) electrons. The van der Waals surface area contributed by atoms with Crippen LogP contribution in [0, 0.1) is 11.8 Å². The van der Waals surface area contributed by atoms with Gasteiger partial charge in [0.2, 0.25) is 5.82 Å². The summed E-state index contributed by atoms with van der Waals surface area (Å²) in [5.74, 6) is 5.41. The molecule has 0 saturated heterocycles. The molecule has 1 aliphatic heterocycles. The van der Waals surface area contributed by atoms with Crippen LogP contribution in [0.15, 0.2) is 54.9 Å². The Morgan fingerprint density at radius 1 is 1.24 bits per heavy atom. The van der Waals surface area contributed by atoms with Crippen LogP contribution in [0.1, 0.15) is 35.1 Å². The minimum absolute atomic E-state index is 0.0162. The molecular weight excluding hydrogens is 434 g/mol. The lowest BCUT2D eigenvalue weighted by atomic mass is 10.1. The maximum absolute atomic E-state index is 13.2. The Morgan fingerprint density at radius 2 is 2.03 bits per heavy atom. The van der Waals surface area contributed by atoms with Gasteiger partial charge in [-0.25, -0.2) is 9.67 Å². The number of carbonyl (C=O) groups is 2. The van der Waals surface area contributed by atoms with E-state index in [4.69, 9.17) is 9.84 Å². The van der Waals surface area contributed by atoms with Crippen LogP contribution in [0.5, 0.6) is 5.75 Å². The fourth-order valence-electron chi connectivity index (χ4n) is 3.60. The minimum atomic E-state index is -0.935. The molecule has 174 valence electrons. The van der Waals surface area contributed by atoms with Crippen molar-refractivity contribution in [2.24, 2.45) is 0 Å². The summed E-state index contributed by atoms with van der Waals surface area (Å²) in [5, 5.41) is 15.9. The minimum Gasteiger partial charge on any atom is -0.486 e. The van der Waals surface area contributed by atoms with E-state index in [1.807, 2.05) is 30.3 Å². The summed E-state index contributed by atoms with van der Waals surface area (Å²) in [6.45, 7) is 2.18. The predicted octanol–water partition coefficient (Wildman–Crippen LogP) is 1.60. The van der Waals surface area contributed by atoms with Crippen LogP contribution in [0.4, 0.5) is 5.69 Å². The zero-order chi connectivity index (χ0) is 24.1. The molecule has 9 heteroatoms. The number of aromatic nitrogens is 3. The summed E-state index contributed by atoms with van der Waals surface area (Å²) in [7, 11) is 1.62. The fourth-order valence-corrected chi connectivity index (χ4v) is 3.60. The zero-order valence-electron chi connectivity index (χ0n) is 18.9. The molecule has 0 spiro atoms. The number of aliphatic hydroxyl groups excluding tert-OH is 1. The van der Waals surface area contributed by atoms with Crippen molar-refractivity contribution in [2.75, 3.05) is 18.6 Å². The van der Waals surface area contributed by atoms with E-state index in [1.54, 1.807) is 36.9 Å². The molecule has 34 heavy (non-hydrogen) atoms. The first-order valence-electron chi connectivity index (χ1n) is 10.9. The Bertz CT molecular complexity index is 1240. The molecule has 0 bridgehead atoms. The second-order valence-corrected chi connectivity index (χ2v) is 7.88. The highest BCUT2D eigenvalue weighted by atomic mass is 16.5. The van der Waals surface area contributed by atoms with E-state index in [0.717, 1.165) is 5.56 Å². The van der Waals surface area contributed by atoms with Crippen LogP contribution >= 0.6 is 0 Å². The van der Waals surface area contributed by atoms with Crippen molar-refractivity contribution >= 4 is 17.5 Å². The lowest BCUT2D eigenvalue weighted by Crippen LogP contribution is -2.53. The number of aliphatic hydroxyl groups is 1. The maximum atomic E-state index is 13.2. The van der Waals surface area contributed by atoms with Crippen LogP contribution in [0.3, 0.4) is 0 Å². The first kappa shape index (κ1) is 23.0. The molecule has 0 saturated carbocycles. The van der Waals surface area contributed by atoms with E-state index in [0.29, 0.717) is 30.0 Å². The number of likely N-dealkylation sites (N-methyl/N-ethyl adjacent to an activating group) is 1. The highest BCUT2D eigenvalue weighted by molar-refractivity contribution is 6.02. The Labute approximate surface area is 197 Å². The zero-order valence-corrected chi connectivity index (χ0v) is 18.9. The monoisotopic (exact) mass is 459 g/mol. The molecule has 0 fully saturated rings. The molecule has 3 aromatic rings. The van der Waals surface area contributed by atoms with E-state index in [9.17, 15) is 9.59 Å². The number of anilines is 1. The number of ether oxygens (including phenoxy) is 1. The highest BCUT2D eigenvalue weighted by Gasteiger charge is 2.36. The van der Waals surface area contributed by atoms with Gasteiger partial charge < -0.3 is 20.1 Å². The standard InChI is InChI=1S/C25H25N5O4/c1-17-22(27-24(32)23-26-16-30(28-23)15-19-9-4-3-5-10-19)25(33)29(2)20-14-18(8-6-7-13-31)11-12-21(20)34-17/h3-5,9-12,14,16-17,22,31H,7,13,15H2,1-2H3,(H,27,32)/t17-,22+/m1/s1. The SMILES string of the molecule is C[C@H]1Oc2ccc(C#CCCO)cc2N(C)C(=O)[C@H]1NC(=O)c1ncn(Cc2ccccc2)n1. The second kappa shape index (κ2) is 10.2. The Morgan fingerprint density at radius 3 is 2.79 bits per heavy atom. The number of fused-ring (bicyclic) bond motifs is 1. The number of hydrogen-bond acceptors (Lipinski definition) is 6. The van der Waals surface area contributed by atoms with Crippen LogP contribution < -0.4 is 15.0 Å². The van der Waals surface area contributed by atoms with E-state index in [2.05, 4.69) is 27.2 Å². The van der Waals surface area contributed by atoms with Crippen LogP contribution in [-0.4, -0.2) is 57.5 Å². The second-order valence-electron chi connectivity index (χ2n) is 7.88. The normalized spacial score (nSPS) is 17.1. The number of nitrogens with zero attached hydrogens (tertiary/aromatic N) is 4. The molecule has 1 aromatic heterocycles. The number of nitrogens with one attached hydrogen (secondary N) is 1. The lowest BCUT2D eigenvalue weighted by Gasteiger charge is -2.23. The molecule has 2 N–H and O–H groups in total. The predicted molar refractivity (Wildman–Crippen MR) is 125 cm³/mol. The number of rotatable bonds is 5. The Hall–Kier alpha value is -4.16. The highest BCUT2D eigenvalue weighted by Crippen LogP contribution is 2.33. The van der Waals surface area contributed by atoms with Gasteiger partial charge in [0.25, 0.3) is 11.8 Å². The van der Waals surface area contributed by atoms with Crippen molar-refractivity contribution in [2.45, 2.75) is 32.0 Å². The molecule has 1 aliphatic rings. The van der Waals surface area contributed by atoms with E-state index in [1.165, 1.54) is 11.2 Å². The summed E-state index contributed by atoms with van der Waals surface area (Å²) in [5.41, 5.74) is 2.27. The van der Waals surface area contributed by atoms with Crippen molar-refractivity contribution in [3.63, 3.8) is 0 Å². The van der Waals surface area contributed by atoms with Crippen LogP contribution in [-0.2, 0) is 11.3 Å². The summed E-state index contributed by atoms with van der Waals surface area (Å²) in [6.07, 6.45) is 1.22. The van der Waals surface area contributed by atoms with Gasteiger partial charge in [-0.15, -0.1) is 5.10 Å². The maximum Gasteiger partial charge on any atom is 0.291 e. The topological polar surface area (TPSA) is 110 Å². The number of amides is 2. The quantitative estimate of drug-likeness (QED) is 0.561. The van der Waals surface area contributed by atoms with Gasteiger partial charge in [-0.2, -0.15) is 0 Å². The largest absolute Gasteiger partial charge is 0.486 e. The summed E-state index contributed by atoms with van der Waals surface area (Å²) in [4.78, 5) is 31.6.